The van der Waals surface area contributed by atoms with Gasteiger partial charge in [-0.3, -0.25) is 0 Å². The molecular weight excluding hydrogens is 264 g/mol. The number of rotatable bonds is 9. The van der Waals surface area contributed by atoms with E-state index in [4.69, 9.17) is 9.47 Å². The first-order chi connectivity index (χ1) is 10.2. The van der Waals surface area contributed by atoms with Crippen molar-refractivity contribution in [3.05, 3.63) is 35.9 Å². The lowest BCUT2D eigenvalue weighted by Gasteiger charge is -2.15. The number of hydrogen-bond acceptors (Lipinski definition) is 3. The second kappa shape index (κ2) is 10.0. The summed E-state index contributed by atoms with van der Waals surface area (Å²) in [5, 5.41) is 0. The van der Waals surface area contributed by atoms with Crippen LogP contribution in [0, 0.1) is 5.92 Å². The molecule has 3 nitrogen and oxygen atoms in total. The highest BCUT2D eigenvalue weighted by Crippen LogP contribution is 2.17. The summed E-state index contributed by atoms with van der Waals surface area (Å²) in [6.45, 7) is 7.36. The van der Waals surface area contributed by atoms with E-state index < -0.39 is 0 Å². The fourth-order valence-corrected chi connectivity index (χ4v) is 2.06. The van der Waals surface area contributed by atoms with Crippen molar-refractivity contribution >= 4 is 12.0 Å². The molecule has 1 rings (SSSR count). The molecule has 0 saturated carbocycles. The fraction of sp³-hybridized carbons (Fsp3) is 0.500. The fourth-order valence-electron chi connectivity index (χ4n) is 2.06. The van der Waals surface area contributed by atoms with Crippen molar-refractivity contribution in [2.24, 2.45) is 5.92 Å². The van der Waals surface area contributed by atoms with Crippen molar-refractivity contribution in [2.75, 3.05) is 13.2 Å². The van der Waals surface area contributed by atoms with Crippen LogP contribution in [0.15, 0.2) is 30.3 Å². The van der Waals surface area contributed by atoms with E-state index in [1.165, 1.54) is 18.9 Å². The molecule has 1 aromatic rings. The predicted octanol–water partition coefficient (Wildman–Crippen LogP) is 4.47. The topological polar surface area (TPSA) is 35.5 Å². The van der Waals surface area contributed by atoms with E-state index in [2.05, 4.69) is 13.8 Å². The van der Waals surface area contributed by atoms with Crippen LogP contribution in [-0.4, -0.2) is 19.2 Å². The Morgan fingerprint density at radius 3 is 2.48 bits per heavy atom. The molecule has 0 fully saturated rings. The van der Waals surface area contributed by atoms with Crippen molar-refractivity contribution in [1.82, 2.24) is 0 Å². The molecule has 0 bridgehead atoms. The summed E-state index contributed by atoms with van der Waals surface area (Å²) < 4.78 is 10.7. The molecule has 0 N–H and O–H groups in total. The molecule has 3 heteroatoms. The number of ether oxygens (including phenoxy) is 2. The first kappa shape index (κ1) is 17.3. The minimum absolute atomic E-state index is 0.317. The Bertz CT molecular complexity index is 434. The van der Waals surface area contributed by atoms with E-state index in [0.717, 1.165) is 24.3 Å². The Balaban J connectivity index is 2.48. The number of carbonyl (C=O) groups is 1. The summed E-state index contributed by atoms with van der Waals surface area (Å²) in [7, 11) is 0. The monoisotopic (exact) mass is 290 g/mol. The molecule has 0 aromatic heterocycles. The first-order valence-electron chi connectivity index (χ1n) is 7.77. The van der Waals surface area contributed by atoms with Gasteiger partial charge in [0.2, 0.25) is 0 Å². The molecule has 0 spiro atoms. The maximum Gasteiger partial charge on any atom is 0.330 e. The van der Waals surface area contributed by atoms with Crippen molar-refractivity contribution in [1.29, 1.82) is 0 Å². The first-order valence-corrected chi connectivity index (χ1v) is 7.77. The van der Waals surface area contributed by atoms with Gasteiger partial charge in [0.1, 0.15) is 5.75 Å². The third-order valence-corrected chi connectivity index (χ3v) is 3.34. The summed E-state index contributed by atoms with van der Waals surface area (Å²) >= 11 is 0. The normalized spacial score (nSPS) is 12.3. The molecule has 116 valence electrons. The molecule has 0 saturated heterocycles. The molecule has 0 aliphatic carbocycles. The quantitative estimate of drug-likeness (QED) is 0.497. The molecule has 0 aliphatic heterocycles. The van der Waals surface area contributed by atoms with Gasteiger partial charge in [-0.15, -0.1) is 0 Å². The van der Waals surface area contributed by atoms with Crippen LogP contribution in [0.3, 0.4) is 0 Å². The van der Waals surface area contributed by atoms with Crippen LogP contribution in [0.25, 0.3) is 6.08 Å². The highest BCUT2D eigenvalue weighted by Gasteiger charge is 2.05. The van der Waals surface area contributed by atoms with Crippen LogP contribution in [0.5, 0.6) is 5.75 Å². The number of hydrogen-bond donors (Lipinski definition) is 0. The largest absolute Gasteiger partial charge is 0.493 e. The van der Waals surface area contributed by atoms with E-state index in [1.54, 1.807) is 13.0 Å². The van der Waals surface area contributed by atoms with Crippen LogP contribution < -0.4 is 4.74 Å². The summed E-state index contributed by atoms with van der Waals surface area (Å²) in [6.07, 6.45) is 6.73. The highest BCUT2D eigenvalue weighted by molar-refractivity contribution is 5.87. The van der Waals surface area contributed by atoms with Gasteiger partial charge in [0.05, 0.1) is 13.2 Å². The molecule has 21 heavy (non-hydrogen) atoms. The zero-order valence-corrected chi connectivity index (χ0v) is 13.3. The standard InChI is InChI=1S/C18H26O3/c1-4-7-15(5-2)14-21-17-11-8-16(9-12-17)10-13-18(19)20-6-3/h8-13,15H,4-7,14H2,1-3H3. The van der Waals surface area contributed by atoms with Gasteiger partial charge in [0.25, 0.3) is 0 Å². The second-order valence-electron chi connectivity index (χ2n) is 5.03. The van der Waals surface area contributed by atoms with Crippen LogP contribution in [-0.2, 0) is 9.53 Å². The lowest BCUT2D eigenvalue weighted by molar-refractivity contribution is -0.137. The van der Waals surface area contributed by atoms with Crippen molar-refractivity contribution in [3.63, 3.8) is 0 Å². The smallest absolute Gasteiger partial charge is 0.330 e. The zero-order chi connectivity index (χ0) is 15.5. The summed E-state index contributed by atoms with van der Waals surface area (Å²) in [5.41, 5.74) is 0.955. The third kappa shape index (κ3) is 6.98. The van der Waals surface area contributed by atoms with Gasteiger partial charge in [0, 0.05) is 6.08 Å². The maximum absolute atomic E-state index is 11.2. The van der Waals surface area contributed by atoms with Gasteiger partial charge < -0.3 is 9.47 Å². The van der Waals surface area contributed by atoms with Crippen molar-refractivity contribution in [2.45, 2.75) is 40.0 Å². The van der Waals surface area contributed by atoms with Crippen LogP contribution >= 0.6 is 0 Å². The van der Waals surface area contributed by atoms with Gasteiger partial charge >= 0.3 is 5.97 Å². The summed E-state index contributed by atoms with van der Waals surface area (Å²) in [6, 6.07) is 7.74. The Morgan fingerprint density at radius 1 is 1.19 bits per heavy atom. The Hall–Kier alpha value is -1.77. The Kier molecular flexibility index (Phi) is 8.25. The third-order valence-electron chi connectivity index (χ3n) is 3.34. The van der Waals surface area contributed by atoms with E-state index in [-0.39, 0.29) is 5.97 Å². The van der Waals surface area contributed by atoms with Gasteiger partial charge in [-0.1, -0.05) is 38.8 Å². The van der Waals surface area contributed by atoms with Gasteiger partial charge in [0.15, 0.2) is 0 Å². The molecule has 0 amide bonds. The van der Waals surface area contributed by atoms with Gasteiger partial charge in [-0.05, 0) is 43.0 Å². The SMILES string of the molecule is CCCC(CC)COc1ccc(C=CC(=O)OCC)cc1. The lowest BCUT2D eigenvalue weighted by Crippen LogP contribution is -2.10. The van der Waals surface area contributed by atoms with Crippen LogP contribution in [0.1, 0.15) is 45.6 Å². The van der Waals surface area contributed by atoms with Gasteiger partial charge in [-0.25, -0.2) is 4.79 Å². The minimum atomic E-state index is -0.317. The Morgan fingerprint density at radius 2 is 1.90 bits per heavy atom. The number of esters is 1. The van der Waals surface area contributed by atoms with E-state index in [9.17, 15) is 4.79 Å². The van der Waals surface area contributed by atoms with E-state index in [0.29, 0.717) is 12.5 Å². The summed E-state index contributed by atoms with van der Waals surface area (Å²) in [5.74, 6) is 1.18. The molecule has 1 unspecified atom stereocenters. The molecule has 0 heterocycles. The second-order valence-corrected chi connectivity index (χ2v) is 5.03. The zero-order valence-electron chi connectivity index (χ0n) is 13.3. The lowest BCUT2D eigenvalue weighted by atomic mass is 10.0. The highest BCUT2D eigenvalue weighted by atomic mass is 16.5. The maximum atomic E-state index is 11.2. The molecule has 0 aliphatic rings. The van der Waals surface area contributed by atoms with Crippen LogP contribution in [0.4, 0.5) is 0 Å². The number of carbonyl (C=O) groups excluding carboxylic acids is 1. The van der Waals surface area contributed by atoms with E-state index in [1.807, 2.05) is 24.3 Å². The van der Waals surface area contributed by atoms with Crippen LogP contribution in [0.2, 0.25) is 0 Å². The van der Waals surface area contributed by atoms with E-state index >= 15 is 0 Å². The average molecular weight is 290 g/mol. The molecular formula is C18H26O3. The van der Waals surface area contributed by atoms with Crippen molar-refractivity contribution in [3.8, 4) is 5.75 Å². The Labute approximate surface area is 128 Å². The molecule has 1 atom stereocenters. The predicted molar refractivity (Wildman–Crippen MR) is 86.3 cm³/mol. The summed E-state index contributed by atoms with van der Waals surface area (Å²) in [4.78, 5) is 11.2. The van der Waals surface area contributed by atoms with Crippen molar-refractivity contribution < 1.29 is 14.3 Å². The number of benzene rings is 1. The molecule has 0 radical (unpaired) electrons. The molecule has 1 aromatic carbocycles. The average Bonchev–Trinajstić information content (AvgIpc) is 2.50. The minimum Gasteiger partial charge on any atom is -0.493 e. The van der Waals surface area contributed by atoms with Gasteiger partial charge in [-0.2, -0.15) is 0 Å².